The molecular weight excluding hydrogens is 412 g/mol. The molecule has 20 heavy (non-hydrogen) atoms. The van der Waals surface area contributed by atoms with Crippen molar-refractivity contribution in [2.45, 2.75) is 24.9 Å². The number of aromatic nitrogens is 3. The molecule has 1 aromatic carbocycles. The fraction of sp³-hybridized carbons (Fsp3) is 0.273. The van der Waals surface area contributed by atoms with Crippen LogP contribution in [-0.2, 0) is 23.1 Å². The van der Waals surface area contributed by atoms with Gasteiger partial charge in [0.25, 0.3) is 0 Å². The van der Waals surface area contributed by atoms with Crippen molar-refractivity contribution in [3.63, 3.8) is 0 Å². The first-order valence-corrected chi connectivity index (χ1v) is 8.82. The highest BCUT2D eigenvalue weighted by atomic mass is 79.9. The molecule has 2 aromatic rings. The molecule has 0 fully saturated rings. The third-order valence-electron chi connectivity index (χ3n) is 2.64. The number of nitrogens with zero attached hydrogens (tertiary/aromatic N) is 3. The van der Waals surface area contributed by atoms with E-state index in [1.165, 1.54) is 6.07 Å². The minimum Gasteiger partial charge on any atom is -0.317 e. The Balaban J connectivity index is 2.21. The number of hydrogen-bond acceptors (Lipinski definition) is 4. The van der Waals surface area contributed by atoms with Gasteiger partial charge >= 0.3 is 0 Å². The molecule has 108 valence electrons. The number of benzene rings is 1. The Hall–Kier alpha value is -0.770. The predicted octanol–water partition coefficient (Wildman–Crippen LogP) is 2.30. The summed E-state index contributed by atoms with van der Waals surface area (Å²) in [4.78, 5) is 0.175. The summed E-state index contributed by atoms with van der Waals surface area (Å²) in [6.45, 7) is 2.71. The van der Waals surface area contributed by atoms with Crippen LogP contribution in [0, 0.1) is 0 Å². The minimum atomic E-state index is -3.62. The average molecular weight is 424 g/mol. The Kier molecular flexibility index (Phi) is 4.95. The van der Waals surface area contributed by atoms with Crippen molar-refractivity contribution in [2.75, 3.05) is 0 Å². The first-order chi connectivity index (χ1) is 9.44. The molecule has 0 saturated heterocycles. The van der Waals surface area contributed by atoms with Crippen molar-refractivity contribution in [3.05, 3.63) is 39.3 Å². The number of hydrogen-bond donors (Lipinski definition) is 1. The van der Waals surface area contributed by atoms with Crippen LogP contribution in [0.15, 0.2) is 38.4 Å². The van der Waals surface area contributed by atoms with Gasteiger partial charge in [-0.25, -0.2) is 13.1 Å². The number of rotatable bonds is 5. The van der Waals surface area contributed by atoms with Gasteiger partial charge in [0.2, 0.25) is 10.0 Å². The second-order valence-corrected chi connectivity index (χ2v) is 7.44. The van der Waals surface area contributed by atoms with E-state index in [0.29, 0.717) is 21.3 Å². The summed E-state index contributed by atoms with van der Waals surface area (Å²) >= 11 is 6.50. The van der Waals surface area contributed by atoms with Crippen LogP contribution >= 0.6 is 31.9 Å². The van der Waals surface area contributed by atoms with Crippen LogP contribution in [0.3, 0.4) is 0 Å². The molecule has 0 unspecified atom stereocenters. The second-order valence-electron chi connectivity index (χ2n) is 3.93. The van der Waals surface area contributed by atoms with Crippen LogP contribution in [0.4, 0.5) is 0 Å². The largest absolute Gasteiger partial charge is 0.317 e. The Morgan fingerprint density at radius 3 is 2.80 bits per heavy atom. The summed E-state index contributed by atoms with van der Waals surface area (Å²) in [7, 11) is -3.62. The second kappa shape index (κ2) is 6.33. The fourth-order valence-corrected chi connectivity index (χ4v) is 4.08. The number of halogens is 2. The molecule has 0 bridgehead atoms. The maximum absolute atomic E-state index is 12.3. The Labute approximate surface area is 133 Å². The molecule has 6 nitrogen and oxygen atoms in total. The predicted molar refractivity (Wildman–Crippen MR) is 81.6 cm³/mol. The maximum Gasteiger partial charge on any atom is 0.242 e. The smallest absolute Gasteiger partial charge is 0.242 e. The molecule has 9 heteroatoms. The molecule has 1 aromatic heterocycles. The van der Waals surface area contributed by atoms with Gasteiger partial charge in [0, 0.05) is 15.5 Å². The third kappa shape index (κ3) is 3.46. The van der Waals surface area contributed by atoms with Crippen LogP contribution in [0.1, 0.15) is 12.7 Å². The summed E-state index contributed by atoms with van der Waals surface area (Å²) in [5, 5.41) is 7.65. The van der Waals surface area contributed by atoms with Gasteiger partial charge in [-0.1, -0.05) is 15.9 Å². The van der Waals surface area contributed by atoms with Crippen LogP contribution in [0.25, 0.3) is 0 Å². The zero-order chi connectivity index (χ0) is 14.8. The molecule has 2 rings (SSSR count). The van der Waals surface area contributed by atoms with Crippen molar-refractivity contribution in [1.29, 1.82) is 0 Å². The van der Waals surface area contributed by atoms with E-state index in [1.54, 1.807) is 23.0 Å². The van der Waals surface area contributed by atoms with Gasteiger partial charge < -0.3 is 4.57 Å². The van der Waals surface area contributed by atoms with Crippen molar-refractivity contribution in [2.24, 2.45) is 0 Å². The SMILES string of the molecule is CCn1cnnc1CNS(=O)(=O)c1cc(Br)ccc1Br. The first kappa shape index (κ1) is 15.6. The fourth-order valence-electron chi connectivity index (χ4n) is 1.60. The lowest BCUT2D eigenvalue weighted by molar-refractivity contribution is 0.574. The highest BCUT2D eigenvalue weighted by Crippen LogP contribution is 2.25. The van der Waals surface area contributed by atoms with Gasteiger partial charge in [-0.2, -0.15) is 0 Å². The van der Waals surface area contributed by atoms with Crippen molar-refractivity contribution >= 4 is 41.9 Å². The van der Waals surface area contributed by atoms with E-state index in [9.17, 15) is 8.42 Å². The lowest BCUT2D eigenvalue weighted by Crippen LogP contribution is -2.25. The third-order valence-corrected chi connectivity index (χ3v) is 5.53. The lowest BCUT2D eigenvalue weighted by atomic mass is 10.4. The van der Waals surface area contributed by atoms with Gasteiger partial charge in [-0.15, -0.1) is 10.2 Å². The highest BCUT2D eigenvalue weighted by molar-refractivity contribution is 9.11. The van der Waals surface area contributed by atoms with Crippen LogP contribution in [-0.4, -0.2) is 23.2 Å². The monoisotopic (exact) mass is 422 g/mol. The van der Waals surface area contributed by atoms with Crippen LogP contribution < -0.4 is 4.72 Å². The molecule has 0 spiro atoms. The standard InChI is InChI=1S/C11H12Br2N4O2S/c1-2-17-7-14-16-11(17)6-15-20(18,19)10-5-8(12)3-4-9(10)13/h3-5,7,15H,2,6H2,1H3. The zero-order valence-electron chi connectivity index (χ0n) is 10.5. The minimum absolute atomic E-state index is 0.0924. The van der Waals surface area contributed by atoms with E-state index >= 15 is 0 Å². The topological polar surface area (TPSA) is 76.9 Å². The molecule has 0 atom stereocenters. The Bertz CT molecular complexity index is 715. The quantitative estimate of drug-likeness (QED) is 0.800. The summed E-state index contributed by atoms with van der Waals surface area (Å²) in [5.41, 5.74) is 0. The summed E-state index contributed by atoms with van der Waals surface area (Å²) in [6, 6.07) is 4.97. The van der Waals surface area contributed by atoms with Crippen molar-refractivity contribution in [3.8, 4) is 0 Å². The van der Waals surface area contributed by atoms with E-state index in [-0.39, 0.29) is 11.4 Å². The number of aryl methyl sites for hydroxylation is 1. The van der Waals surface area contributed by atoms with E-state index in [1.807, 2.05) is 6.92 Å². The first-order valence-electron chi connectivity index (χ1n) is 5.75. The lowest BCUT2D eigenvalue weighted by Gasteiger charge is -2.09. The highest BCUT2D eigenvalue weighted by Gasteiger charge is 2.18. The van der Waals surface area contributed by atoms with Crippen molar-refractivity contribution < 1.29 is 8.42 Å². The van der Waals surface area contributed by atoms with Crippen molar-refractivity contribution in [1.82, 2.24) is 19.5 Å². The number of nitrogens with one attached hydrogen (secondary N) is 1. The molecule has 0 aliphatic carbocycles. The van der Waals surface area contributed by atoms with Gasteiger partial charge in [-0.3, -0.25) is 0 Å². The summed E-state index contributed by atoms with van der Waals surface area (Å²) in [5.74, 6) is 0.571. The molecular formula is C11H12Br2N4O2S. The van der Waals surface area contributed by atoms with Crippen LogP contribution in [0.2, 0.25) is 0 Å². The molecule has 0 aliphatic heterocycles. The molecule has 1 heterocycles. The van der Waals surface area contributed by atoms with E-state index in [4.69, 9.17) is 0 Å². The van der Waals surface area contributed by atoms with E-state index in [0.717, 1.165) is 0 Å². The average Bonchev–Trinajstić information content (AvgIpc) is 2.86. The molecule has 0 amide bonds. The Morgan fingerprint density at radius 2 is 2.10 bits per heavy atom. The Morgan fingerprint density at radius 1 is 1.35 bits per heavy atom. The van der Waals surface area contributed by atoms with Gasteiger partial charge in [-0.05, 0) is 41.1 Å². The number of sulfonamides is 1. The molecule has 0 radical (unpaired) electrons. The van der Waals surface area contributed by atoms with Gasteiger partial charge in [0.15, 0.2) is 0 Å². The zero-order valence-corrected chi connectivity index (χ0v) is 14.5. The molecule has 1 N–H and O–H groups in total. The summed E-state index contributed by atoms with van der Waals surface area (Å²) < 4.78 is 30.1. The van der Waals surface area contributed by atoms with Gasteiger partial charge in [0.1, 0.15) is 12.2 Å². The van der Waals surface area contributed by atoms with E-state index in [2.05, 4.69) is 46.8 Å². The van der Waals surface area contributed by atoms with E-state index < -0.39 is 10.0 Å². The van der Waals surface area contributed by atoms with Crippen LogP contribution in [0.5, 0.6) is 0 Å². The maximum atomic E-state index is 12.3. The molecule has 0 aliphatic rings. The molecule has 0 saturated carbocycles. The normalized spacial score (nSPS) is 11.8. The summed E-state index contributed by atoms with van der Waals surface area (Å²) in [6.07, 6.45) is 1.57. The van der Waals surface area contributed by atoms with Gasteiger partial charge in [0.05, 0.1) is 11.4 Å².